The second-order valence-electron chi connectivity index (χ2n) is 8.12. The van der Waals surface area contributed by atoms with Crippen LogP contribution in [0.2, 0.25) is 0 Å². The lowest BCUT2D eigenvalue weighted by Gasteiger charge is -2.33. The molecule has 0 spiro atoms. The number of nitrogens with zero attached hydrogens (tertiary/aromatic N) is 3. The average Bonchev–Trinajstić information content (AvgIpc) is 2.77. The Morgan fingerprint density at radius 3 is 2.77 bits per heavy atom. The molecule has 0 radical (unpaired) electrons. The molecule has 5 heteroatoms. The van der Waals surface area contributed by atoms with Crippen LogP contribution in [0.1, 0.15) is 37.3 Å². The molecule has 5 nitrogen and oxygen atoms in total. The van der Waals surface area contributed by atoms with Crippen molar-refractivity contribution in [3.8, 4) is 17.0 Å². The predicted molar refractivity (Wildman–Crippen MR) is 121 cm³/mol. The Bertz CT molecular complexity index is 957. The van der Waals surface area contributed by atoms with E-state index in [4.69, 9.17) is 4.98 Å². The summed E-state index contributed by atoms with van der Waals surface area (Å²) in [6, 6.07) is 18.6. The summed E-state index contributed by atoms with van der Waals surface area (Å²) in [5, 5.41) is 12.7. The van der Waals surface area contributed by atoms with Gasteiger partial charge in [-0.25, -0.2) is 9.97 Å². The van der Waals surface area contributed by atoms with E-state index >= 15 is 0 Å². The number of hydrogen-bond acceptors (Lipinski definition) is 5. The smallest absolute Gasteiger partial charge is 0.223 e. The van der Waals surface area contributed by atoms with Crippen LogP contribution in [-0.2, 0) is 13.0 Å². The fraction of sp³-hybridized carbons (Fsp3) is 0.360. The van der Waals surface area contributed by atoms with Gasteiger partial charge in [0.05, 0.1) is 5.69 Å². The monoisotopic (exact) mass is 402 g/mol. The van der Waals surface area contributed by atoms with Crippen molar-refractivity contribution in [3.63, 3.8) is 0 Å². The highest BCUT2D eigenvalue weighted by Crippen LogP contribution is 2.23. The number of aromatic nitrogens is 2. The van der Waals surface area contributed by atoms with Gasteiger partial charge in [-0.05, 0) is 68.1 Å². The molecule has 0 amide bonds. The molecular formula is C25H30N4O. The molecule has 2 heterocycles. The van der Waals surface area contributed by atoms with Gasteiger partial charge >= 0.3 is 0 Å². The number of aromatic hydroxyl groups is 1. The van der Waals surface area contributed by atoms with Crippen molar-refractivity contribution in [2.24, 2.45) is 0 Å². The summed E-state index contributed by atoms with van der Waals surface area (Å²) in [5.41, 5.74) is 4.56. The largest absolute Gasteiger partial charge is 0.508 e. The number of rotatable bonds is 7. The molecule has 3 aromatic rings. The van der Waals surface area contributed by atoms with Crippen LogP contribution in [0, 0.1) is 0 Å². The summed E-state index contributed by atoms with van der Waals surface area (Å²) in [7, 11) is 0. The van der Waals surface area contributed by atoms with Gasteiger partial charge in [-0.15, -0.1) is 0 Å². The first-order chi connectivity index (χ1) is 14.7. The average molecular weight is 403 g/mol. The van der Waals surface area contributed by atoms with Crippen LogP contribution in [0.5, 0.6) is 5.75 Å². The van der Waals surface area contributed by atoms with Crippen molar-refractivity contribution in [2.45, 2.75) is 45.2 Å². The van der Waals surface area contributed by atoms with Crippen LogP contribution in [0.25, 0.3) is 11.3 Å². The van der Waals surface area contributed by atoms with Crippen LogP contribution in [0.15, 0.2) is 60.8 Å². The first kappa shape index (κ1) is 20.4. The third-order valence-corrected chi connectivity index (χ3v) is 5.84. The molecule has 1 fully saturated rings. The molecule has 0 saturated carbocycles. The summed E-state index contributed by atoms with van der Waals surface area (Å²) < 4.78 is 0. The normalized spacial score (nSPS) is 17.0. The Kier molecular flexibility index (Phi) is 6.60. The highest BCUT2D eigenvalue weighted by Gasteiger charge is 2.18. The number of benzene rings is 2. The summed E-state index contributed by atoms with van der Waals surface area (Å²) in [5.74, 6) is 0.932. The zero-order valence-corrected chi connectivity index (χ0v) is 17.6. The Morgan fingerprint density at radius 1 is 1.07 bits per heavy atom. The van der Waals surface area contributed by atoms with Crippen LogP contribution in [0.3, 0.4) is 0 Å². The van der Waals surface area contributed by atoms with Crippen molar-refractivity contribution in [2.75, 3.05) is 18.4 Å². The molecule has 1 saturated heterocycles. The molecule has 1 atom stereocenters. The Labute approximate surface area is 178 Å². The minimum absolute atomic E-state index is 0.291. The molecule has 30 heavy (non-hydrogen) atoms. The summed E-state index contributed by atoms with van der Waals surface area (Å²) >= 11 is 0. The molecule has 0 bridgehead atoms. The molecule has 1 aliphatic rings. The summed E-state index contributed by atoms with van der Waals surface area (Å²) in [4.78, 5) is 11.7. The highest BCUT2D eigenvalue weighted by atomic mass is 16.3. The van der Waals surface area contributed by atoms with Crippen molar-refractivity contribution in [1.82, 2.24) is 14.9 Å². The maximum atomic E-state index is 9.38. The fourth-order valence-electron chi connectivity index (χ4n) is 4.04. The van der Waals surface area contributed by atoms with Crippen LogP contribution in [-0.4, -0.2) is 39.1 Å². The van der Waals surface area contributed by atoms with E-state index in [0.29, 0.717) is 17.7 Å². The van der Waals surface area contributed by atoms with Crippen LogP contribution < -0.4 is 5.32 Å². The lowest BCUT2D eigenvalue weighted by molar-refractivity contribution is 0.152. The fourth-order valence-corrected chi connectivity index (χ4v) is 4.04. The van der Waals surface area contributed by atoms with Crippen LogP contribution >= 0.6 is 0 Å². The molecule has 4 rings (SSSR count). The second kappa shape index (κ2) is 9.72. The van der Waals surface area contributed by atoms with Crippen molar-refractivity contribution in [1.29, 1.82) is 0 Å². The lowest BCUT2D eigenvalue weighted by Crippen LogP contribution is -2.36. The quantitative estimate of drug-likeness (QED) is 0.590. The third-order valence-electron chi connectivity index (χ3n) is 5.84. The second-order valence-corrected chi connectivity index (χ2v) is 8.12. The van der Waals surface area contributed by atoms with Crippen molar-refractivity contribution >= 4 is 5.95 Å². The number of piperidine rings is 1. The van der Waals surface area contributed by atoms with Gasteiger partial charge in [0.1, 0.15) is 5.75 Å². The van der Waals surface area contributed by atoms with E-state index in [1.54, 1.807) is 12.1 Å². The molecule has 156 valence electrons. The zero-order chi connectivity index (χ0) is 20.8. The van der Waals surface area contributed by atoms with E-state index in [9.17, 15) is 5.11 Å². The molecule has 0 aliphatic carbocycles. The number of phenolic OH excluding ortho intramolecular Hbond substituents is 1. The molecule has 1 aliphatic heterocycles. The topological polar surface area (TPSA) is 61.3 Å². The summed E-state index contributed by atoms with van der Waals surface area (Å²) in [6.07, 6.45) is 6.60. The predicted octanol–water partition coefficient (Wildman–Crippen LogP) is 4.88. The summed E-state index contributed by atoms with van der Waals surface area (Å²) in [6.45, 7) is 5.26. The highest BCUT2D eigenvalue weighted by molar-refractivity contribution is 5.61. The van der Waals surface area contributed by atoms with Gasteiger partial charge in [0.2, 0.25) is 5.95 Å². The third kappa shape index (κ3) is 5.36. The molecule has 1 unspecified atom stereocenters. The van der Waals surface area contributed by atoms with E-state index in [1.165, 1.54) is 31.4 Å². The number of anilines is 1. The van der Waals surface area contributed by atoms with Gasteiger partial charge in [0.15, 0.2) is 0 Å². The van der Waals surface area contributed by atoms with Crippen molar-refractivity contribution in [3.05, 3.63) is 71.9 Å². The SMILES string of the molecule is CC1CCCCN1Cc1cccc(-c2ccnc(NCCc3ccc(O)cc3)n2)c1. The van der Waals surface area contributed by atoms with Gasteiger partial charge in [-0.2, -0.15) is 0 Å². The van der Waals surface area contributed by atoms with E-state index in [2.05, 4.69) is 46.4 Å². The van der Waals surface area contributed by atoms with Crippen molar-refractivity contribution < 1.29 is 5.11 Å². The molecule has 1 aromatic heterocycles. The van der Waals surface area contributed by atoms with E-state index in [0.717, 1.165) is 36.3 Å². The standard InChI is InChI=1S/C25H30N4O/c1-19-5-2-3-16-29(19)18-21-6-4-7-22(17-21)24-13-15-27-25(28-24)26-14-12-20-8-10-23(30)11-9-20/h4,6-11,13,15,17,19,30H,2-3,5,12,14,16,18H2,1H3,(H,26,27,28). The maximum absolute atomic E-state index is 9.38. The molecular weight excluding hydrogens is 372 g/mol. The van der Waals surface area contributed by atoms with E-state index < -0.39 is 0 Å². The maximum Gasteiger partial charge on any atom is 0.223 e. The zero-order valence-electron chi connectivity index (χ0n) is 17.6. The first-order valence-corrected chi connectivity index (χ1v) is 10.9. The Morgan fingerprint density at radius 2 is 1.93 bits per heavy atom. The molecule has 2 N–H and O–H groups in total. The minimum Gasteiger partial charge on any atom is -0.508 e. The number of phenols is 1. The minimum atomic E-state index is 0.291. The van der Waals surface area contributed by atoms with Gasteiger partial charge < -0.3 is 10.4 Å². The lowest BCUT2D eigenvalue weighted by atomic mass is 10.0. The first-order valence-electron chi connectivity index (χ1n) is 10.9. The number of likely N-dealkylation sites (tertiary alicyclic amines) is 1. The van der Waals surface area contributed by atoms with Crippen LogP contribution in [0.4, 0.5) is 5.95 Å². The van der Waals surface area contributed by atoms with Gasteiger partial charge in [-0.3, -0.25) is 4.90 Å². The molecule has 2 aromatic carbocycles. The van der Waals surface area contributed by atoms with Gasteiger partial charge in [-0.1, -0.05) is 36.8 Å². The van der Waals surface area contributed by atoms with Gasteiger partial charge in [0.25, 0.3) is 0 Å². The van der Waals surface area contributed by atoms with E-state index in [-0.39, 0.29) is 0 Å². The Hall–Kier alpha value is -2.92. The van der Waals surface area contributed by atoms with Gasteiger partial charge in [0, 0.05) is 30.9 Å². The van der Waals surface area contributed by atoms with E-state index in [1.807, 2.05) is 24.4 Å². The number of hydrogen-bond donors (Lipinski definition) is 2. The Balaban J connectivity index is 1.39. The number of nitrogens with one attached hydrogen (secondary N) is 1.